The van der Waals surface area contributed by atoms with Crippen molar-refractivity contribution in [3.05, 3.63) is 54.1 Å². The minimum absolute atomic E-state index is 0.236. The molecule has 0 aliphatic heterocycles. The molecule has 0 spiro atoms. The van der Waals surface area contributed by atoms with Crippen LogP contribution in [0.4, 0.5) is 8.78 Å². The second-order valence-electron chi connectivity index (χ2n) is 3.47. The smallest absolute Gasteiger partial charge is 0.307 e. The van der Waals surface area contributed by atoms with Crippen LogP contribution in [0.2, 0.25) is 0 Å². The molecule has 0 fully saturated rings. The lowest BCUT2D eigenvalue weighted by Gasteiger charge is -2.04. The summed E-state index contributed by atoms with van der Waals surface area (Å²) in [5.41, 5.74) is 1.44. The maximum absolute atomic E-state index is 13.4. The maximum atomic E-state index is 13.4. The molecule has 0 unspecified atom stereocenters. The van der Waals surface area contributed by atoms with Gasteiger partial charge in [0.15, 0.2) is 0 Å². The molecule has 2 aromatic rings. The molecule has 2 rings (SSSR count). The van der Waals surface area contributed by atoms with Crippen LogP contribution in [0.5, 0.6) is 0 Å². The van der Waals surface area contributed by atoms with Gasteiger partial charge >= 0.3 is 7.48 Å². The Labute approximate surface area is 92.6 Å². The molecule has 0 saturated carbocycles. The van der Waals surface area contributed by atoms with Crippen molar-refractivity contribution in [2.45, 2.75) is 0 Å². The molecule has 0 amide bonds. The van der Waals surface area contributed by atoms with Gasteiger partial charge in [0.1, 0.15) is 11.6 Å². The Balaban J connectivity index is 2.45. The highest BCUT2D eigenvalue weighted by molar-refractivity contribution is 6.45. The van der Waals surface area contributed by atoms with Crippen LogP contribution >= 0.6 is 0 Å². The Bertz CT molecular complexity index is 514. The van der Waals surface area contributed by atoms with Crippen molar-refractivity contribution in [3.8, 4) is 11.1 Å². The molecule has 80 valence electrons. The van der Waals surface area contributed by atoms with Crippen molar-refractivity contribution < 1.29 is 13.8 Å². The van der Waals surface area contributed by atoms with Crippen LogP contribution in [0.15, 0.2) is 42.5 Å². The van der Waals surface area contributed by atoms with Crippen LogP contribution in [0.1, 0.15) is 0 Å². The Kier molecular flexibility index (Phi) is 3.01. The van der Waals surface area contributed by atoms with Gasteiger partial charge in [0.2, 0.25) is 0 Å². The molecular formula is C12H9BF2O. The van der Waals surface area contributed by atoms with Gasteiger partial charge in [0.25, 0.3) is 0 Å². The molecule has 0 bridgehead atoms. The predicted octanol–water partition coefficient (Wildman–Crippen LogP) is 1.60. The highest BCUT2D eigenvalue weighted by Gasteiger charge is 2.05. The van der Waals surface area contributed by atoms with Gasteiger partial charge in [0, 0.05) is 0 Å². The van der Waals surface area contributed by atoms with E-state index in [0.717, 1.165) is 0 Å². The molecule has 0 radical (unpaired) electrons. The number of hydrogen-bond donors (Lipinski definition) is 1. The van der Waals surface area contributed by atoms with Crippen LogP contribution < -0.4 is 5.46 Å². The van der Waals surface area contributed by atoms with E-state index in [0.29, 0.717) is 11.1 Å². The van der Waals surface area contributed by atoms with Gasteiger partial charge in [-0.3, -0.25) is 0 Å². The van der Waals surface area contributed by atoms with Crippen molar-refractivity contribution in [3.63, 3.8) is 0 Å². The van der Waals surface area contributed by atoms with E-state index in [2.05, 4.69) is 0 Å². The van der Waals surface area contributed by atoms with E-state index in [1.165, 1.54) is 24.3 Å². The van der Waals surface area contributed by atoms with Crippen LogP contribution in [0, 0.1) is 11.6 Å². The van der Waals surface area contributed by atoms with Crippen LogP contribution in [0.25, 0.3) is 11.1 Å². The van der Waals surface area contributed by atoms with Gasteiger partial charge in [-0.1, -0.05) is 24.3 Å². The zero-order chi connectivity index (χ0) is 11.5. The fraction of sp³-hybridized carbons (Fsp3) is 0. The SMILES string of the molecule is OBc1ccc(-c2cccc(F)c2)cc1F. The van der Waals surface area contributed by atoms with E-state index in [1.807, 2.05) is 0 Å². The number of halogens is 2. The fourth-order valence-corrected chi connectivity index (χ4v) is 1.52. The van der Waals surface area contributed by atoms with Crippen molar-refractivity contribution in [2.24, 2.45) is 0 Å². The van der Waals surface area contributed by atoms with E-state index in [4.69, 9.17) is 5.02 Å². The number of rotatable bonds is 2. The summed E-state index contributed by atoms with van der Waals surface area (Å²) in [6.07, 6.45) is 0. The molecule has 0 aliphatic carbocycles. The van der Waals surface area contributed by atoms with Gasteiger partial charge in [-0.2, -0.15) is 0 Å². The van der Waals surface area contributed by atoms with Gasteiger partial charge in [-0.05, 0) is 34.8 Å². The zero-order valence-electron chi connectivity index (χ0n) is 8.45. The Hall–Kier alpha value is -1.68. The highest BCUT2D eigenvalue weighted by atomic mass is 19.1. The summed E-state index contributed by atoms with van der Waals surface area (Å²) < 4.78 is 26.3. The van der Waals surface area contributed by atoms with E-state index >= 15 is 0 Å². The Morgan fingerprint density at radius 1 is 0.938 bits per heavy atom. The number of benzene rings is 2. The largest absolute Gasteiger partial charge is 0.449 e. The third-order valence-corrected chi connectivity index (χ3v) is 2.38. The first-order valence-corrected chi connectivity index (χ1v) is 4.86. The summed E-state index contributed by atoms with van der Waals surface area (Å²) in [6, 6.07) is 10.4. The third kappa shape index (κ3) is 2.12. The van der Waals surface area contributed by atoms with Crippen LogP contribution in [-0.4, -0.2) is 12.5 Å². The topological polar surface area (TPSA) is 20.2 Å². The summed E-state index contributed by atoms with van der Waals surface area (Å²) in [4.78, 5) is 0. The van der Waals surface area contributed by atoms with Crippen molar-refractivity contribution in [1.82, 2.24) is 0 Å². The Morgan fingerprint density at radius 3 is 2.31 bits per heavy atom. The molecule has 0 aliphatic rings. The lowest BCUT2D eigenvalue weighted by Crippen LogP contribution is -2.17. The van der Waals surface area contributed by atoms with Crippen molar-refractivity contribution >= 4 is 12.9 Å². The van der Waals surface area contributed by atoms with E-state index in [1.54, 1.807) is 18.2 Å². The van der Waals surface area contributed by atoms with Gasteiger partial charge < -0.3 is 5.02 Å². The van der Waals surface area contributed by atoms with E-state index < -0.39 is 5.82 Å². The van der Waals surface area contributed by atoms with Crippen molar-refractivity contribution in [1.29, 1.82) is 0 Å². The second kappa shape index (κ2) is 4.45. The predicted molar refractivity (Wildman–Crippen MR) is 60.8 cm³/mol. The third-order valence-electron chi connectivity index (χ3n) is 2.38. The van der Waals surface area contributed by atoms with Crippen molar-refractivity contribution in [2.75, 3.05) is 0 Å². The average Bonchev–Trinajstić information content (AvgIpc) is 2.29. The maximum Gasteiger partial charge on any atom is 0.307 e. The first kappa shape index (κ1) is 10.8. The Morgan fingerprint density at radius 2 is 1.69 bits per heavy atom. The zero-order valence-corrected chi connectivity index (χ0v) is 8.45. The van der Waals surface area contributed by atoms with E-state index in [-0.39, 0.29) is 18.8 Å². The monoisotopic (exact) mass is 218 g/mol. The first-order valence-electron chi connectivity index (χ1n) is 4.86. The number of hydrogen-bond acceptors (Lipinski definition) is 1. The molecule has 0 atom stereocenters. The molecule has 16 heavy (non-hydrogen) atoms. The van der Waals surface area contributed by atoms with Gasteiger partial charge in [0.05, 0.1) is 0 Å². The quantitative estimate of drug-likeness (QED) is 0.759. The molecular weight excluding hydrogens is 209 g/mol. The summed E-state index contributed by atoms with van der Waals surface area (Å²) in [5.74, 6) is -0.839. The summed E-state index contributed by atoms with van der Waals surface area (Å²) in [7, 11) is -0.338. The lowest BCUT2D eigenvalue weighted by molar-refractivity contribution is 0.602. The van der Waals surface area contributed by atoms with E-state index in [9.17, 15) is 8.78 Å². The van der Waals surface area contributed by atoms with Gasteiger partial charge in [-0.25, -0.2) is 8.78 Å². The van der Waals surface area contributed by atoms with Gasteiger partial charge in [-0.15, -0.1) is 0 Å². The summed E-state index contributed by atoms with van der Waals surface area (Å²) >= 11 is 0. The summed E-state index contributed by atoms with van der Waals surface area (Å²) in [6.45, 7) is 0. The van der Waals surface area contributed by atoms with Crippen LogP contribution in [0.3, 0.4) is 0 Å². The first-order chi connectivity index (χ1) is 7.70. The molecule has 0 saturated heterocycles. The minimum atomic E-state index is -0.482. The molecule has 0 heterocycles. The molecule has 2 aromatic carbocycles. The molecule has 1 nitrogen and oxygen atoms in total. The minimum Gasteiger partial charge on any atom is -0.449 e. The highest BCUT2D eigenvalue weighted by Crippen LogP contribution is 2.19. The molecule has 4 heteroatoms. The fourth-order valence-electron chi connectivity index (χ4n) is 1.52. The van der Waals surface area contributed by atoms with Crippen LogP contribution in [-0.2, 0) is 0 Å². The molecule has 1 N–H and O–H groups in total. The second-order valence-corrected chi connectivity index (χ2v) is 3.47. The average molecular weight is 218 g/mol. The lowest BCUT2D eigenvalue weighted by atomic mass is 9.87. The standard InChI is InChI=1S/C12H9BF2O/c14-10-3-1-2-8(6-10)9-4-5-11(13-16)12(15)7-9/h1-7,13,16H. The normalized spacial score (nSPS) is 10.2. The summed E-state index contributed by atoms with van der Waals surface area (Å²) in [5, 5.41) is 8.82. The molecule has 0 aromatic heterocycles.